The van der Waals surface area contributed by atoms with Gasteiger partial charge in [-0.15, -0.1) is 0 Å². The summed E-state index contributed by atoms with van der Waals surface area (Å²) < 4.78 is 0. The van der Waals surface area contributed by atoms with Crippen molar-refractivity contribution in [2.24, 2.45) is 0 Å². The van der Waals surface area contributed by atoms with Gasteiger partial charge in [-0.05, 0) is 49.2 Å². The van der Waals surface area contributed by atoms with E-state index in [-0.39, 0.29) is 5.91 Å². The number of nitrogens with one attached hydrogen (secondary N) is 1. The highest BCUT2D eigenvalue weighted by atomic mass is 16.1. The largest absolute Gasteiger partial charge is 0.354 e. The van der Waals surface area contributed by atoms with E-state index in [1.807, 2.05) is 43.6 Å². The third-order valence-corrected chi connectivity index (χ3v) is 5.91. The monoisotopic (exact) mass is 439 g/mol. The minimum Gasteiger partial charge on any atom is -0.354 e. The molecule has 0 saturated carbocycles. The van der Waals surface area contributed by atoms with Gasteiger partial charge < -0.3 is 15.1 Å². The van der Waals surface area contributed by atoms with Gasteiger partial charge in [0.1, 0.15) is 17.5 Å². The molecule has 0 unspecified atom stereocenters. The Hall–Kier alpha value is -3.91. The first-order chi connectivity index (χ1) is 16.0. The molecule has 5 rings (SSSR count). The number of rotatable bonds is 4. The number of amides is 1. The Kier molecular flexibility index (Phi) is 5.66. The van der Waals surface area contributed by atoms with Gasteiger partial charge in [0.2, 0.25) is 0 Å². The zero-order valence-corrected chi connectivity index (χ0v) is 18.7. The summed E-state index contributed by atoms with van der Waals surface area (Å²) in [5, 5.41) is 4.89. The van der Waals surface area contributed by atoms with Crippen molar-refractivity contribution >= 4 is 28.3 Å². The second-order valence-electron chi connectivity index (χ2n) is 8.30. The third-order valence-electron chi connectivity index (χ3n) is 5.91. The predicted molar refractivity (Wildman–Crippen MR) is 129 cm³/mol. The molecular formula is C25H25N7O. The molecule has 8 heteroatoms. The first-order valence-electron chi connectivity index (χ1n) is 10.9. The van der Waals surface area contributed by atoms with E-state index < -0.39 is 0 Å². The second kappa shape index (κ2) is 8.91. The Balaban J connectivity index is 1.36. The number of carbonyl (C=O) groups excluding carboxylic acids is 1. The lowest BCUT2D eigenvalue weighted by molar-refractivity contribution is 0.102. The highest BCUT2D eigenvalue weighted by Gasteiger charge is 2.17. The molecule has 0 aliphatic carbocycles. The van der Waals surface area contributed by atoms with Crippen LogP contribution in [-0.4, -0.2) is 64.0 Å². The van der Waals surface area contributed by atoms with E-state index in [1.165, 1.54) is 0 Å². The van der Waals surface area contributed by atoms with Gasteiger partial charge in [0.25, 0.3) is 5.91 Å². The highest BCUT2D eigenvalue weighted by Crippen LogP contribution is 2.25. The van der Waals surface area contributed by atoms with Crippen LogP contribution < -0.4 is 10.2 Å². The summed E-state index contributed by atoms with van der Waals surface area (Å²) >= 11 is 0. The number of pyridine rings is 2. The van der Waals surface area contributed by atoms with Crippen LogP contribution in [0, 0.1) is 6.92 Å². The Labute approximate surface area is 192 Å². The third kappa shape index (κ3) is 4.65. The summed E-state index contributed by atoms with van der Waals surface area (Å²) in [5.41, 5.74) is 2.52. The number of carbonyl (C=O) groups is 1. The van der Waals surface area contributed by atoms with Crippen LogP contribution >= 0.6 is 0 Å². The standard InChI is InChI=1S/C25H25N7O/c1-17-27-15-22(16-28-17)18-3-4-20-14-29-23(12-21(20)11-18)30-25(33)19-5-6-26-24(13-19)32-9-7-31(2)8-10-32/h3-6,11-16H,7-10H2,1-2H3,(H,29,30,33). The molecule has 1 saturated heterocycles. The van der Waals surface area contributed by atoms with E-state index in [1.54, 1.807) is 18.5 Å². The van der Waals surface area contributed by atoms with Crippen LogP contribution in [0.5, 0.6) is 0 Å². The Morgan fingerprint density at radius 2 is 1.64 bits per heavy atom. The SMILES string of the molecule is Cc1ncc(-c2ccc3cnc(NC(=O)c4ccnc(N5CCN(C)CC5)c4)cc3c2)cn1. The number of hydrogen-bond acceptors (Lipinski definition) is 7. The number of hydrogen-bond donors (Lipinski definition) is 1. The average molecular weight is 440 g/mol. The number of benzene rings is 1. The van der Waals surface area contributed by atoms with Crippen LogP contribution in [0.1, 0.15) is 16.2 Å². The Morgan fingerprint density at radius 1 is 0.848 bits per heavy atom. The van der Waals surface area contributed by atoms with Crippen molar-refractivity contribution in [1.29, 1.82) is 0 Å². The lowest BCUT2D eigenvalue weighted by Crippen LogP contribution is -2.44. The van der Waals surface area contributed by atoms with E-state index in [9.17, 15) is 4.79 Å². The van der Waals surface area contributed by atoms with Gasteiger partial charge in [-0.2, -0.15) is 0 Å². The Morgan fingerprint density at radius 3 is 2.42 bits per heavy atom. The van der Waals surface area contributed by atoms with Crippen molar-refractivity contribution < 1.29 is 4.79 Å². The van der Waals surface area contributed by atoms with Crippen molar-refractivity contribution in [3.63, 3.8) is 0 Å². The molecule has 8 nitrogen and oxygen atoms in total. The summed E-state index contributed by atoms with van der Waals surface area (Å²) in [6.45, 7) is 5.62. The smallest absolute Gasteiger partial charge is 0.257 e. The number of piperazine rings is 1. The molecule has 4 aromatic rings. The van der Waals surface area contributed by atoms with E-state index in [0.29, 0.717) is 11.4 Å². The van der Waals surface area contributed by atoms with Crippen LogP contribution in [0.3, 0.4) is 0 Å². The highest BCUT2D eigenvalue weighted by molar-refractivity contribution is 6.05. The first-order valence-corrected chi connectivity index (χ1v) is 10.9. The van der Waals surface area contributed by atoms with E-state index >= 15 is 0 Å². The first kappa shape index (κ1) is 21.0. The number of fused-ring (bicyclic) bond motifs is 1. The normalized spacial score (nSPS) is 14.4. The quantitative estimate of drug-likeness (QED) is 0.521. The number of anilines is 2. The van der Waals surface area contributed by atoms with Crippen molar-refractivity contribution in [3.05, 3.63) is 72.6 Å². The summed E-state index contributed by atoms with van der Waals surface area (Å²) in [4.78, 5) is 34.9. The van der Waals surface area contributed by atoms with E-state index in [0.717, 1.165) is 59.7 Å². The summed E-state index contributed by atoms with van der Waals surface area (Å²) in [6, 6.07) is 11.5. The second-order valence-corrected chi connectivity index (χ2v) is 8.30. The minimum absolute atomic E-state index is 0.206. The molecule has 0 spiro atoms. The lowest BCUT2D eigenvalue weighted by Gasteiger charge is -2.33. The van der Waals surface area contributed by atoms with Crippen molar-refractivity contribution in [2.75, 3.05) is 43.4 Å². The van der Waals surface area contributed by atoms with Gasteiger partial charge in [0.15, 0.2) is 0 Å². The van der Waals surface area contributed by atoms with Gasteiger partial charge in [-0.3, -0.25) is 4.79 Å². The van der Waals surface area contributed by atoms with Crippen molar-refractivity contribution in [1.82, 2.24) is 24.8 Å². The zero-order valence-electron chi connectivity index (χ0n) is 18.7. The van der Waals surface area contributed by atoms with Gasteiger partial charge in [0.05, 0.1) is 0 Å². The maximum atomic E-state index is 12.9. The molecule has 1 aliphatic heterocycles. The molecule has 1 amide bonds. The predicted octanol–water partition coefficient (Wildman–Crippen LogP) is 3.40. The molecule has 3 aromatic heterocycles. The molecule has 1 N–H and O–H groups in total. The molecule has 0 bridgehead atoms. The molecule has 1 aromatic carbocycles. The van der Waals surface area contributed by atoms with E-state index in [2.05, 4.69) is 48.2 Å². The van der Waals surface area contributed by atoms with Crippen LogP contribution in [0.15, 0.2) is 61.2 Å². The number of nitrogens with zero attached hydrogens (tertiary/aromatic N) is 6. The Bertz CT molecular complexity index is 1300. The summed E-state index contributed by atoms with van der Waals surface area (Å²) in [5.74, 6) is 1.86. The van der Waals surface area contributed by atoms with Crippen LogP contribution in [-0.2, 0) is 0 Å². The number of aromatic nitrogens is 4. The van der Waals surface area contributed by atoms with Gasteiger partial charge in [0, 0.05) is 67.5 Å². The maximum Gasteiger partial charge on any atom is 0.257 e. The summed E-state index contributed by atoms with van der Waals surface area (Å²) in [7, 11) is 2.11. The number of aryl methyl sites for hydroxylation is 1. The fourth-order valence-corrected chi connectivity index (χ4v) is 3.89. The van der Waals surface area contributed by atoms with Crippen LogP contribution in [0.4, 0.5) is 11.6 Å². The van der Waals surface area contributed by atoms with Gasteiger partial charge >= 0.3 is 0 Å². The lowest BCUT2D eigenvalue weighted by atomic mass is 10.0. The van der Waals surface area contributed by atoms with Gasteiger partial charge in [-0.1, -0.05) is 12.1 Å². The number of likely N-dealkylation sites (N-methyl/N-ethyl adjacent to an activating group) is 1. The molecule has 0 radical (unpaired) electrons. The van der Waals surface area contributed by atoms with Crippen LogP contribution in [0.25, 0.3) is 21.9 Å². The minimum atomic E-state index is -0.206. The fraction of sp³-hybridized carbons (Fsp3) is 0.240. The molecule has 4 heterocycles. The van der Waals surface area contributed by atoms with E-state index in [4.69, 9.17) is 0 Å². The summed E-state index contributed by atoms with van der Waals surface area (Å²) in [6.07, 6.45) is 7.08. The fourth-order valence-electron chi connectivity index (χ4n) is 3.89. The van der Waals surface area contributed by atoms with Crippen molar-refractivity contribution in [2.45, 2.75) is 6.92 Å². The maximum absolute atomic E-state index is 12.9. The molecule has 1 aliphatic rings. The van der Waals surface area contributed by atoms with Gasteiger partial charge in [-0.25, -0.2) is 19.9 Å². The molecule has 1 fully saturated rings. The zero-order chi connectivity index (χ0) is 22.8. The molecular weight excluding hydrogens is 414 g/mol. The molecule has 0 atom stereocenters. The van der Waals surface area contributed by atoms with Crippen molar-refractivity contribution in [3.8, 4) is 11.1 Å². The molecule has 166 valence electrons. The average Bonchev–Trinajstić information content (AvgIpc) is 2.84. The topological polar surface area (TPSA) is 87.1 Å². The molecule has 33 heavy (non-hydrogen) atoms. The van der Waals surface area contributed by atoms with Crippen LogP contribution in [0.2, 0.25) is 0 Å².